The number of fused-ring (bicyclic) bond motifs is 2. The number of amidine groups is 1. The highest BCUT2D eigenvalue weighted by Crippen LogP contribution is 2.60. The second-order valence-electron chi connectivity index (χ2n) is 8.32. The first-order chi connectivity index (χ1) is 13.2. The lowest BCUT2D eigenvalue weighted by atomic mass is 9.49. The molecule has 0 aromatic heterocycles. The summed E-state index contributed by atoms with van der Waals surface area (Å²) in [6.45, 7) is 4.23. The van der Waals surface area contributed by atoms with Gasteiger partial charge >= 0.3 is 0 Å². The lowest BCUT2D eigenvalue weighted by Gasteiger charge is -2.67. The third-order valence-electron chi connectivity index (χ3n) is 6.75. The summed E-state index contributed by atoms with van der Waals surface area (Å²) in [5.41, 5.74) is 2.42. The Hall–Kier alpha value is -2.04. The van der Waals surface area contributed by atoms with Gasteiger partial charge < -0.3 is 9.64 Å². The first-order valence-electron chi connectivity index (χ1n) is 9.86. The molecule has 4 fully saturated rings. The normalized spacial score (nSPS) is 28.7. The van der Waals surface area contributed by atoms with Gasteiger partial charge in [0.1, 0.15) is 17.3 Å². The minimum atomic E-state index is 0.555. The van der Waals surface area contributed by atoms with Crippen LogP contribution in [0.5, 0.6) is 11.5 Å². The fraction of sp³-hybridized carbons (Fsp3) is 0.409. The molecule has 2 aromatic rings. The summed E-state index contributed by atoms with van der Waals surface area (Å²) in [7, 11) is 0. The number of para-hydroxylation sites is 2. The number of halogens is 1. The number of benzene rings is 2. The molecule has 2 aliphatic heterocycles. The van der Waals surface area contributed by atoms with E-state index in [9.17, 15) is 0 Å². The predicted octanol–water partition coefficient (Wildman–Crippen LogP) is 4.69. The van der Waals surface area contributed by atoms with Crippen LogP contribution in [0.25, 0.3) is 0 Å². The van der Waals surface area contributed by atoms with Gasteiger partial charge in [-0.1, -0.05) is 23.7 Å². The van der Waals surface area contributed by atoms with Gasteiger partial charge in [-0.15, -0.1) is 0 Å². The van der Waals surface area contributed by atoms with Crippen LogP contribution in [0.1, 0.15) is 24.8 Å². The molecule has 0 spiro atoms. The van der Waals surface area contributed by atoms with Crippen molar-refractivity contribution in [3.63, 3.8) is 0 Å². The van der Waals surface area contributed by atoms with Gasteiger partial charge in [0.05, 0.1) is 5.56 Å². The zero-order valence-electron chi connectivity index (χ0n) is 15.2. The molecule has 27 heavy (non-hydrogen) atoms. The summed E-state index contributed by atoms with van der Waals surface area (Å²) in [4.78, 5) is 10.1. The maximum atomic E-state index is 6.32. The first-order valence-corrected chi connectivity index (χ1v) is 10.2. The SMILES string of the molecule is Clc1ccc2c(c1)C(N1CCN(C34CC(C3)C4)CC1)=Nc1ccccc1O2. The van der Waals surface area contributed by atoms with Gasteiger partial charge in [0.25, 0.3) is 0 Å². The summed E-state index contributed by atoms with van der Waals surface area (Å²) in [5.74, 6) is 3.63. The van der Waals surface area contributed by atoms with Crippen LogP contribution in [-0.2, 0) is 0 Å². The van der Waals surface area contributed by atoms with Crippen molar-refractivity contribution in [1.29, 1.82) is 0 Å². The van der Waals surface area contributed by atoms with Gasteiger partial charge in [0.2, 0.25) is 0 Å². The number of piperazine rings is 1. The highest BCUT2D eigenvalue weighted by atomic mass is 35.5. The monoisotopic (exact) mass is 379 g/mol. The zero-order valence-corrected chi connectivity index (χ0v) is 16.0. The molecule has 2 aromatic carbocycles. The smallest absolute Gasteiger partial charge is 0.153 e. The molecule has 0 amide bonds. The van der Waals surface area contributed by atoms with Gasteiger partial charge in [-0.2, -0.15) is 0 Å². The van der Waals surface area contributed by atoms with Crippen LogP contribution in [0.15, 0.2) is 47.5 Å². The third-order valence-corrected chi connectivity index (χ3v) is 6.99. The maximum absolute atomic E-state index is 6.32. The van der Waals surface area contributed by atoms with E-state index in [0.717, 1.165) is 60.7 Å². The van der Waals surface area contributed by atoms with E-state index >= 15 is 0 Å². The molecule has 0 unspecified atom stereocenters. The Morgan fingerprint density at radius 1 is 0.963 bits per heavy atom. The average Bonchev–Trinajstić information content (AvgIpc) is 2.76. The van der Waals surface area contributed by atoms with Crippen molar-refractivity contribution in [2.24, 2.45) is 10.9 Å². The molecule has 0 radical (unpaired) electrons. The number of aliphatic imine (C=N–C) groups is 1. The van der Waals surface area contributed by atoms with Crippen LogP contribution < -0.4 is 4.74 Å². The third kappa shape index (κ3) is 2.43. The first kappa shape index (κ1) is 16.0. The second kappa shape index (κ2) is 5.73. The van der Waals surface area contributed by atoms with Crippen LogP contribution in [0.4, 0.5) is 5.69 Å². The van der Waals surface area contributed by atoms with Crippen LogP contribution in [0.2, 0.25) is 5.02 Å². The van der Waals surface area contributed by atoms with Crippen molar-refractivity contribution in [3.05, 3.63) is 53.1 Å². The van der Waals surface area contributed by atoms with Crippen molar-refractivity contribution < 1.29 is 4.74 Å². The molecule has 138 valence electrons. The van der Waals surface area contributed by atoms with E-state index in [1.165, 1.54) is 19.3 Å². The fourth-order valence-electron chi connectivity index (χ4n) is 5.15. The molecule has 5 aliphatic rings. The van der Waals surface area contributed by atoms with E-state index in [4.69, 9.17) is 21.3 Å². The van der Waals surface area contributed by atoms with Crippen molar-refractivity contribution in [2.45, 2.75) is 24.8 Å². The van der Waals surface area contributed by atoms with E-state index in [0.29, 0.717) is 10.6 Å². The molecular formula is C22H22ClN3O. The van der Waals surface area contributed by atoms with Crippen molar-refractivity contribution in [2.75, 3.05) is 26.2 Å². The molecule has 0 N–H and O–H groups in total. The van der Waals surface area contributed by atoms with Gasteiger partial charge in [-0.25, -0.2) is 4.99 Å². The lowest BCUT2D eigenvalue weighted by molar-refractivity contribution is -0.151. The Bertz CT molecular complexity index is 931. The summed E-state index contributed by atoms with van der Waals surface area (Å²) in [6, 6.07) is 13.8. The number of hydrogen-bond donors (Lipinski definition) is 0. The van der Waals surface area contributed by atoms with Gasteiger partial charge in [-0.3, -0.25) is 4.90 Å². The Labute approximate surface area is 164 Å². The highest BCUT2D eigenvalue weighted by Gasteiger charge is 2.59. The molecule has 2 bridgehead atoms. The minimum Gasteiger partial charge on any atom is -0.454 e. The van der Waals surface area contributed by atoms with Gasteiger partial charge in [0.15, 0.2) is 5.75 Å². The molecule has 3 saturated carbocycles. The van der Waals surface area contributed by atoms with E-state index in [-0.39, 0.29) is 0 Å². The molecule has 4 nitrogen and oxygen atoms in total. The quantitative estimate of drug-likeness (QED) is 0.719. The number of nitrogens with zero attached hydrogens (tertiary/aromatic N) is 3. The Morgan fingerprint density at radius 3 is 2.48 bits per heavy atom. The highest BCUT2D eigenvalue weighted by molar-refractivity contribution is 6.31. The summed E-state index contributed by atoms with van der Waals surface area (Å²) < 4.78 is 6.18. The number of ether oxygens (including phenoxy) is 1. The Morgan fingerprint density at radius 2 is 1.74 bits per heavy atom. The van der Waals surface area contributed by atoms with Crippen LogP contribution in [0.3, 0.4) is 0 Å². The van der Waals surface area contributed by atoms with Crippen molar-refractivity contribution in [1.82, 2.24) is 9.80 Å². The Kier molecular flexibility index (Phi) is 3.39. The van der Waals surface area contributed by atoms with E-state index in [2.05, 4.69) is 9.80 Å². The molecular weight excluding hydrogens is 358 g/mol. The van der Waals surface area contributed by atoms with Crippen LogP contribution in [0, 0.1) is 5.92 Å². The van der Waals surface area contributed by atoms with Crippen LogP contribution in [-0.4, -0.2) is 47.4 Å². The van der Waals surface area contributed by atoms with Gasteiger partial charge in [0, 0.05) is 36.7 Å². The second-order valence-corrected chi connectivity index (χ2v) is 8.76. The summed E-state index contributed by atoms with van der Waals surface area (Å²) in [6.07, 6.45) is 4.27. The fourth-order valence-corrected chi connectivity index (χ4v) is 5.32. The molecule has 0 atom stereocenters. The van der Waals surface area contributed by atoms with Crippen LogP contribution >= 0.6 is 11.6 Å². The molecule has 5 heteroatoms. The van der Waals surface area contributed by atoms with Crippen molar-refractivity contribution in [3.8, 4) is 11.5 Å². The molecule has 2 heterocycles. The van der Waals surface area contributed by atoms with Gasteiger partial charge in [-0.05, 0) is 55.5 Å². The largest absolute Gasteiger partial charge is 0.454 e. The maximum Gasteiger partial charge on any atom is 0.153 e. The number of rotatable bonds is 1. The molecule has 3 aliphatic carbocycles. The van der Waals surface area contributed by atoms with E-state index < -0.39 is 0 Å². The lowest BCUT2D eigenvalue weighted by Crippen LogP contribution is -2.71. The summed E-state index contributed by atoms with van der Waals surface area (Å²) >= 11 is 6.32. The zero-order chi connectivity index (χ0) is 18.0. The Balaban J connectivity index is 1.34. The topological polar surface area (TPSA) is 28.1 Å². The van der Waals surface area contributed by atoms with E-state index in [1.54, 1.807) is 0 Å². The molecule has 7 rings (SSSR count). The molecule has 1 saturated heterocycles. The predicted molar refractivity (Wildman–Crippen MR) is 107 cm³/mol. The standard InChI is InChI=1S/C22H22ClN3O/c23-16-5-6-19-17(11-16)21(24-18-3-1-2-4-20(18)27-19)25-7-9-26(10-8-25)22-12-15(13-22)14-22/h1-6,11,15H,7-10,12-14H2. The minimum absolute atomic E-state index is 0.555. The number of hydrogen-bond acceptors (Lipinski definition) is 4. The van der Waals surface area contributed by atoms with Crippen molar-refractivity contribution >= 4 is 23.1 Å². The average molecular weight is 380 g/mol. The summed E-state index contributed by atoms with van der Waals surface area (Å²) in [5, 5.41) is 0.712. The van der Waals surface area contributed by atoms with E-state index in [1.807, 2.05) is 42.5 Å².